The molecule has 4 heteroatoms. The van der Waals surface area contributed by atoms with E-state index >= 15 is 0 Å². The molecule has 0 spiro atoms. The maximum absolute atomic E-state index is 5.80. The minimum absolute atomic E-state index is 0.210. The summed E-state index contributed by atoms with van der Waals surface area (Å²) in [6, 6.07) is 12.9. The van der Waals surface area contributed by atoms with Crippen LogP contribution in [0.5, 0.6) is 5.75 Å². The van der Waals surface area contributed by atoms with Gasteiger partial charge in [0, 0.05) is 27.3 Å². The Balaban J connectivity index is 1.77. The van der Waals surface area contributed by atoms with E-state index in [9.17, 15) is 0 Å². The summed E-state index contributed by atoms with van der Waals surface area (Å²) in [6.07, 6.45) is 2.05. The molecule has 1 aliphatic heterocycles. The average molecular weight is 288 g/mol. The van der Waals surface area contributed by atoms with E-state index in [1.165, 1.54) is 15.3 Å². The van der Waals surface area contributed by atoms with Gasteiger partial charge in [0.25, 0.3) is 0 Å². The van der Waals surface area contributed by atoms with Crippen molar-refractivity contribution in [2.45, 2.75) is 31.7 Å². The monoisotopic (exact) mass is 288 g/mol. The highest BCUT2D eigenvalue weighted by Crippen LogP contribution is 2.36. The Labute approximate surface area is 123 Å². The molecule has 20 heavy (non-hydrogen) atoms. The standard InChI is InChI=1S/C16H20N2OS/c1-2-11-7-8-12(20-11)9-15(18-17)14-10-19-16-6-4-3-5-13(14)16/h3-8,14-15,18H,2,9-10,17H2,1H3. The maximum atomic E-state index is 5.80. The van der Waals surface area contributed by atoms with Gasteiger partial charge in [0.15, 0.2) is 0 Å². The number of fused-ring (bicyclic) bond motifs is 1. The van der Waals surface area contributed by atoms with Crippen molar-refractivity contribution >= 4 is 11.3 Å². The molecule has 1 aromatic heterocycles. The van der Waals surface area contributed by atoms with E-state index in [-0.39, 0.29) is 6.04 Å². The second-order valence-corrected chi connectivity index (χ2v) is 6.41. The first-order valence-electron chi connectivity index (χ1n) is 7.07. The number of hydrazine groups is 1. The first kappa shape index (κ1) is 13.6. The van der Waals surface area contributed by atoms with Crippen molar-refractivity contribution in [1.82, 2.24) is 5.43 Å². The molecule has 1 aliphatic rings. The number of hydrogen-bond donors (Lipinski definition) is 2. The van der Waals surface area contributed by atoms with Gasteiger partial charge in [-0.05, 0) is 31.0 Å². The molecule has 106 valence electrons. The van der Waals surface area contributed by atoms with Gasteiger partial charge in [-0.15, -0.1) is 11.3 Å². The van der Waals surface area contributed by atoms with Crippen LogP contribution in [0.4, 0.5) is 0 Å². The van der Waals surface area contributed by atoms with Crippen LogP contribution in [-0.2, 0) is 12.8 Å². The van der Waals surface area contributed by atoms with E-state index in [4.69, 9.17) is 10.6 Å². The molecule has 0 bridgehead atoms. The van der Waals surface area contributed by atoms with E-state index in [1.54, 1.807) is 0 Å². The van der Waals surface area contributed by atoms with Gasteiger partial charge in [-0.25, -0.2) is 0 Å². The van der Waals surface area contributed by atoms with Crippen LogP contribution in [0.1, 0.15) is 28.2 Å². The predicted molar refractivity (Wildman–Crippen MR) is 83.2 cm³/mol. The molecule has 0 saturated heterocycles. The van der Waals surface area contributed by atoms with Crippen molar-refractivity contribution in [2.24, 2.45) is 5.84 Å². The van der Waals surface area contributed by atoms with Gasteiger partial charge in [-0.2, -0.15) is 0 Å². The Kier molecular flexibility index (Phi) is 4.05. The highest BCUT2D eigenvalue weighted by Gasteiger charge is 2.30. The smallest absolute Gasteiger partial charge is 0.122 e. The fraction of sp³-hybridized carbons (Fsp3) is 0.375. The van der Waals surface area contributed by atoms with E-state index in [0.29, 0.717) is 12.5 Å². The number of nitrogens with one attached hydrogen (secondary N) is 1. The van der Waals surface area contributed by atoms with Gasteiger partial charge in [-0.3, -0.25) is 11.3 Å². The zero-order valence-corrected chi connectivity index (χ0v) is 12.5. The second-order valence-electron chi connectivity index (χ2n) is 5.15. The third kappa shape index (κ3) is 2.59. The molecule has 2 heterocycles. The highest BCUT2D eigenvalue weighted by molar-refractivity contribution is 7.11. The normalized spacial score (nSPS) is 18.6. The third-order valence-electron chi connectivity index (χ3n) is 3.92. The molecule has 3 N–H and O–H groups in total. The molecule has 3 rings (SSSR count). The fourth-order valence-electron chi connectivity index (χ4n) is 2.78. The molecular weight excluding hydrogens is 268 g/mol. The van der Waals surface area contributed by atoms with Crippen LogP contribution in [0.3, 0.4) is 0 Å². The summed E-state index contributed by atoms with van der Waals surface area (Å²) in [5, 5.41) is 0. The fourth-order valence-corrected chi connectivity index (χ4v) is 3.79. The minimum Gasteiger partial charge on any atom is -0.493 e. The Bertz CT molecular complexity index is 581. The molecule has 0 radical (unpaired) electrons. The van der Waals surface area contributed by atoms with Crippen molar-refractivity contribution in [3.05, 3.63) is 51.7 Å². The Morgan fingerprint density at radius 3 is 2.85 bits per heavy atom. The quantitative estimate of drug-likeness (QED) is 0.657. The topological polar surface area (TPSA) is 47.3 Å². The third-order valence-corrected chi connectivity index (χ3v) is 5.18. The number of aryl methyl sites for hydroxylation is 1. The van der Waals surface area contributed by atoms with Crippen molar-refractivity contribution in [3.8, 4) is 5.75 Å². The zero-order chi connectivity index (χ0) is 13.9. The lowest BCUT2D eigenvalue weighted by atomic mass is 9.91. The van der Waals surface area contributed by atoms with E-state index in [1.807, 2.05) is 23.5 Å². The summed E-state index contributed by atoms with van der Waals surface area (Å²) in [5.41, 5.74) is 4.25. The number of benzene rings is 1. The average Bonchev–Trinajstić information content (AvgIpc) is 3.11. The van der Waals surface area contributed by atoms with Gasteiger partial charge in [0.05, 0.1) is 6.61 Å². The Morgan fingerprint density at radius 1 is 1.30 bits per heavy atom. The van der Waals surface area contributed by atoms with Gasteiger partial charge in [0.2, 0.25) is 0 Å². The maximum Gasteiger partial charge on any atom is 0.122 e. The summed E-state index contributed by atoms with van der Waals surface area (Å²) in [6.45, 7) is 2.90. The lowest BCUT2D eigenvalue weighted by molar-refractivity contribution is 0.298. The lowest BCUT2D eigenvalue weighted by Gasteiger charge is -2.21. The van der Waals surface area contributed by atoms with Crippen molar-refractivity contribution in [2.75, 3.05) is 6.61 Å². The summed E-state index contributed by atoms with van der Waals surface area (Å²) >= 11 is 1.88. The number of thiophene rings is 1. The Hall–Kier alpha value is -1.36. The molecule has 2 atom stereocenters. The number of hydrogen-bond acceptors (Lipinski definition) is 4. The lowest BCUT2D eigenvalue weighted by Crippen LogP contribution is -2.41. The van der Waals surface area contributed by atoms with E-state index in [0.717, 1.165) is 18.6 Å². The first-order valence-corrected chi connectivity index (χ1v) is 7.89. The molecule has 2 unspecified atom stereocenters. The summed E-state index contributed by atoms with van der Waals surface area (Å²) in [7, 11) is 0. The predicted octanol–water partition coefficient (Wildman–Crippen LogP) is 2.86. The Morgan fingerprint density at radius 2 is 2.10 bits per heavy atom. The van der Waals surface area contributed by atoms with Gasteiger partial charge >= 0.3 is 0 Å². The summed E-state index contributed by atoms with van der Waals surface area (Å²) in [4.78, 5) is 2.81. The second kappa shape index (κ2) is 5.95. The number of rotatable bonds is 5. The van der Waals surface area contributed by atoms with Crippen LogP contribution in [0.25, 0.3) is 0 Å². The largest absolute Gasteiger partial charge is 0.493 e. The molecule has 1 aromatic carbocycles. The van der Waals surface area contributed by atoms with Crippen LogP contribution < -0.4 is 16.0 Å². The van der Waals surface area contributed by atoms with Gasteiger partial charge in [0.1, 0.15) is 5.75 Å². The number of ether oxygens (including phenoxy) is 1. The van der Waals surface area contributed by atoms with Crippen LogP contribution in [0.15, 0.2) is 36.4 Å². The SMILES string of the molecule is CCc1ccc(CC(NN)C2COc3ccccc32)s1. The first-order chi connectivity index (χ1) is 9.81. The van der Waals surface area contributed by atoms with Crippen molar-refractivity contribution < 1.29 is 4.74 Å². The van der Waals surface area contributed by atoms with Gasteiger partial charge in [-0.1, -0.05) is 25.1 Å². The van der Waals surface area contributed by atoms with Gasteiger partial charge < -0.3 is 4.74 Å². The van der Waals surface area contributed by atoms with Crippen LogP contribution in [-0.4, -0.2) is 12.6 Å². The minimum atomic E-state index is 0.210. The number of para-hydroxylation sites is 1. The zero-order valence-electron chi connectivity index (χ0n) is 11.6. The molecule has 0 amide bonds. The molecule has 0 saturated carbocycles. The van der Waals surface area contributed by atoms with Crippen molar-refractivity contribution in [3.63, 3.8) is 0 Å². The van der Waals surface area contributed by atoms with Crippen LogP contribution in [0.2, 0.25) is 0 Å². The van der Waals surface area contributed by atoms with Crippen LogP contribution in [0, 0.1) is 0 Å². The summed E-state index contributed by atoms with van der Waals surface area (Å²) in [5.74, 6) is 7.12. The molecule has 3 nitrogen and oxygen atoms in total. The summed E-state index contributed by atoms with van der Waals surface area (Å²) < 4.78 is 5.77. The van der Waals surface area contributed by atoms with Crippen molar-refractivity contribution in [1.29, 1.82) is 0 Å². The number of nitrogens with two attached hydrogens (primary N) is 1. The van der Waals surface area contributed by atoms with Crippen LogP contribution >= 0.6 is 11.3 Å². The van der Waals surface area contributed by atoms with E-state index in [2.05, 4.69) is 36.6 Å². The van der Waals surface area contributed by atoms with E-state index < -0.39 is 0 Å². The molecular formula is C16H20N2OS. The molecule has 2 aromatic rings. The molecule has 0 aliphatic carbocycles. The molecule has 0 fully saturated rings. The highest BCUT2D eigenvalue weighted by atomic mass is 32.1.